The van der Waals surface area contributed by atoms with E-state index in [0.29, 0.717) is 0 Å². The monoisotopic (exact) mass is 305 g/mol. The van der Waals surface area contributed by atoms with Gasteiger partial charge in [-0.2, -0.15) is 5.10 Å². The van der Waals surface area contributed by atoms with Gasteiger partial charge in [-0.25, -0.2) is 0 Å². The molecular formula is C14H16BrN3. The second-order valence-electron chi connectivity index (χ2n) is 4.15. The summed E-state index contributed by atoms with van der Waals surface area (Å²) in [5.41, 5.74) is 2.44. The topological polar surface area (TPSA) is 29.9 Å². The van der Waals surface area contributed by atoms with Gasteiger partial charge in [0.2, 0.25) is 0 Å². The van der Waals surface area contributed by atoms with Crippen LogP contribution in [0.5, 0.6) is 0 Å². The van der Waals surface area contributed by atoms with Crippen LogP contribution in [-0.4, -0.2) is 16.3 Å². The largest absolute Gasteiger partial charge is 0.308 e. The lowest BCUT2D eigenvalue weighted by molar-refractivity contribution is 0.684. The number of halogens is 1. The van der Waals surface area contributed by atoms with Crippen LogP contribution in [-0.2, 0) is 13.1 Å². The fourth-order valence-corrected chi connectivity index (χ4v) is 1.90. The van der Waals surface area contributed by atoms with Gasteiger partial charge in [0.05, 0.1) is 12.7 Å². The Labute approximate surface area is 116 Å². The second kappa shape index (κ2) is 6.52. The zero-order chi connectivity index (χ0) is 12.8. The lowest BCUT2D eigenvalue weighted by atomic mass is 10.2. The Morgan fingerprint density at radius 3 is 2.78 bits per heavy atom. The molecule has 0 aliphatic carbocycles. The van der Waals surface area contributed by atoms with E-state index in [0.717, 1.165) is 24.1 Å². The molecule has 2 aromatic rings. The predicted octanol–water partition coefficient (Wildman–Crippen LogP) is 2.93. The summed E-state index contributed by atoms with van der Waals surface area (Å²) in [6.07, 6.45) is 3.96. The molecule has 1 N–H and O–H groups in total. The predicted molar refractivity (Wildman–Crippen MR) is 77.5 cm³/mol. The molecule has 0 spiro atoms. The number of nitrogens with zero attached hydrogens (tertiary/aromatic N) is 2. The summed E-state index contributed by atoms with van der Waals surface area (Å²) in [6, 6.07) is 10.3. The van der Waals surface area contributed by atoms with E-state index in [2.05, 4.69) is 51.3 Å². The summed E-state index contributed by atoms with van der Waals surface area (Å²) in [4.78, 5) is 0. The summed E-state index contributed by atoms with van der Waals surface area (Å²) in [5.74, 6) is 0. The van der Waals surface area contributed by atoms with Gasteiger partial charge < -0.3 is 5.32 Å². The van der Waals surface area contributed by atoms with Crippen molar-refractivity contribution in [2.24, 2.45) is 0 Å². The van der Waals surface area contributed by atoms with Crippen LogP contribution in [0.1, 0.15) is 11.1 Å². The molecule has 0 bridgehead atoms. The molecule has 1 heterocycles. The number of rotatable bonds is 6. The standard InChI is InChI=1S/C14H16BrN3/c1-12(15)7-16-8-14-9-17-18(11-14)10-13-5-3-2-4-6-13/h2-6,9,11,16H,1,7-8,10H2. The average Bonchev–Trinajstić information content (AvgIpc) is 2.78. The van der Waals surface area contributed by atoms with Crippen molar-refractivity contribution in [1.82, 2.24) is 15.1 Å². The molecule has 0 atom stereocenters. The lowest BCUT2D eigenvalue weighted by Gasteiger charge is -2.01. The minimum atomic E-state index is 0.768. The van der Waals surface area contributed by atoms with Gasteiger partial charge in [-0.1, -0.05) is 52.8 Å². The molecule has 0 amide bonds. The van der Waals surface area contributed by atoms with E-state index in [1.807, 2.05) is 29.1 Å². The first-order valence-corrected chi connectivity index (χ1v) is 6.62. The molecule has 0 fully saturated rings. The van der Waals surface area contributed by atoms with Gasteiger partial charge in [0.15, 0.2) is 0 Å². The highest BCUT2D eigenvalue weighted by molar-refractivity contribution is 9.11. The molecule has 1 aromatic heterocycles. The van der Waals surface area contributed by atoms with Crippen molar-refractivity contribution in [2.75, 3.05) is 6.54 Å². The number of benzene rings is 1. The van der Waals surface area contributed by atoms with E-state index in [4.69, 9.17) is 0 Å². The Kier molecular flexibility index (Phi) is 4.73. The zero-order valence-electron chi connectivity index (χ0n) is 10.1. The third kappa shape index (κ3) is 4.13. The van der Waals surface area contributed by atoms with Crippen LogP contribution in [0.3, 0.4) is 0 Å². The van der Waals surface area contributed by atoms with Gasteiger partial charge in [-0.15, -0.1) is 0 Å². The highest BCUT2D eigenvalue weighted by Crippen LogP contribution is 2.04. The van der Waals surface area contributed by atoms with E-state index in [1.54, 1.807) is 0 Å². The van der Waals surface area contributed by atoms with Crippen LogP contribution in [0.4, 0.5) is 0 Å². The molecule has 3 nitrogen and oxygen atoms in total. The third-order valence-electron chi connectivity index (χ3n) is 2.52. The fourth-order valence-electron chi connectivity index (χ4n) is 1.70. The Bertz CT molecular complexity index is 505. The maximum absolute atomic E-state index is 4.35. The quantitative estimate of drug-likeness (QED) is 0.889. The van der Waals surface area contributed by atoms with E-state index in [1.165, 1.54) is 11.1 Å². The van der Waals surface area contributed by atoms with Crippen molar-refractivity contribution in [3.63, 3.8) is 0 Å². The van der Waals surface area contributed by atoms with Gasteiger partial charge >= 0.3 is 0 Å². The molecule has 0 radical (unpaired) electrons. The van der Waals surface area contributed by atoms with Crippen molar-refractivity contribution >= 4 is 15.9 Å². The van der Waals surface area contributed by atoms with Crippen molar-refractivity contribution in [3.8, 4) is 0 Å². The summed E-state index contributed by atoms with van der Waals surface area (Å²) in [5, 5.41) is 7.63. The summed E-state index contributed by atoms with van der Waals surface area (Å²) in [6.45, 7) is 6.16. The Balaban J connectivity index is 1.88. The van der Waals surface area contributed by atoms with Crippen LogP contribution < -0.4 is 5.32 Å². The second-order valence-corrected chi connectivity index (χ2v) is 5.27. The van der Waals surface area contributed by atoms with E-state index in [9.17, 15) is 0 Å². The zero-order valence-corrected chi connectivity index (χ0v) is 11.7. The number of nitrogens with one attached hydrogen (secondary N) is 1. The van der Waals surface area contributed by atoms with Crippen LogP contribution in [0, 0.1) is 0 Å². The van der Waals surface area contributed by atoms with Crippen LogP contribution in [0.15, 0.2) is 53.8 Å². The van der Waals surface area contributed by atoms with E-state index in [-0.39, 0.29) is 0 Å². The van der Waals surface area contributed by atoms with Gasteiger partial charge in [0.1, 0.15) is 0 Å². The molecule has 0 aliphatic rings. The highest BCUT2D eigenvalue weighted by Gasteiger charge is 1.99. The minimum absolute atomic E-state index is 0.768. The Morgan fingerprint density at radius 2 is 2.06 bits per heavy atom. The van der Waals surface area contributed by atoms with Crippen LogP contribution in [0.25, 0.3) is 0 Å². The van der Waals surface area contributed by atoms with Gasteiger partial charge in [-0.3, -0.25) is 4.68 Å². The van der Waals surface area contributed by atoms with Crippen molar-refractivity contribution < 1.29 is 0 Å². The first-order chi connectivity index (χ1) is 8.74. The van der Waals surface area contributed by atoms with Crippen molar-refractivity contribution in [2.45, 2.75) is 13.1 Å². The molecule has 0 unspecified atom stereocenters. The normalized spacial score (nSPS) is 10.5. The maximum atomic E-state index is 4.35. The molecule has 18 heavy (non-hydrogen) atoms. The van der Waals surface area contributed by atoms with Crippen LogP contribution >= 0.6 is 15.9 Å². The number of hydrogen-bond donors (Lipinski definition) is 1. The Hall–Kier alpha value is -1.39. The Morgan fingerprint density at radius 1 is 1.28 bits per heavy atom. The molecule has 94 valence electrons. The van der Waals surface area contributed by atoms with Gasteiger partial charge in [0.25, 0.3) is 0 Å². The molecule has 0 saturated carbocycles. The minimum Gasteiger partial charge on any atom is -0.308 e. The molecular weight excluding hydrogens is 290 g/mol. The van der Waals surface area contributed by atoms with E-state index < -0.39 is 0 Å². The molecule has 1 aromatic carbocycles. The number of hydrogen-bond acceptors (Lipinski definition) is 2. The summed E-state index contributed by atoms with van der Waals surface area (Å²) >= 11 is 3.32. The number of aromatic nitrogens is 2. The lowest BCUT2D eigenvalue weighted by Crippen LogP contribution is -2.13. The van der Waals surface area contributed by atoms with E-state index >= 15 is 0 Å². The summed E-state index contributed by atoms with van der Waals surface area (Å²) in [7, 11) is 0. The van der Waals surface area contributed by atoms with Gasteiger partial charge in [0, 0.05) is 29.3 Å². The molecule has 4 heteroatoms. The maximum Gasteiger partial charge on any atom is 0.0659 e. The first-order valence-electron chi connectivity index (χ1n) is 5.83. The molecule has 0 aliphatic heterocycles. The fraction of sp³-hybridized carbons (Fsp3) is 0.214. The van der Waals surface area contributed by atoms with Crippen LogP contribution in [0.2, 0.25) is 0 Å². The molecule has 0 saturated heterocycles. The van der Waals surface area contributed by atoms with Gasteiger partial charge in [-0.05, 0) is 5.56 Å². The van der Waals surface area contributed by atoms with Crippen molar-refractivity contribution in [3.05, 3.63) is 64.9 Å². The smallest absolute Gasteiger partial charge is 0.0659 e. The molecule has 2 rings (SSSR count). The SMILES string of the molecule is C=C(Br)CNCc1cnn(Cc2ccccc2)c1. The summed E-state index contributed by atoms with van der Waals surface area (Å²) < 4.78 is 2.91. The highest BCUT2D eigenvalue weighted by atomic mass is 79.9. The first kappa shape index (κ1) is 13.1. The third-order valence-corrected chi connectivity index (χ3v) is 2.80. The average molecular weight is 306 g/mol. The van der Waals surface area contributed by atoms with Crippen molar-refractivity contribution in [1.29, 1.82) is 0 Å².